The van der Waals surface area contributed by atoms with Gasteiger partial charge in [0.15, 0.2) is 0 Å². The minimum Gasteiger partial charge on any atom is -0.481 e. The first-order chi connectivity index (χ1) is 6.02. The fraction of sp³-hybridized carbons (Fsp3) is 0.800. The maximum atomic E-state index is 11.2. The van der Waals surface area contributed by atoms with Gasteiger partial charge in [-0.15, -0.1) is 0 Å². The summed E-state index contributed by atoms with van der Waals surface area (Å²) in [6, 6.07) is 0. The summed E-state index contributed by atoms with van der Waals surface area (Å²) in [5.74, 6) is -1.03. The van der Waals surface area contributed by atoms with E-state index in [9.17, 15) is 9.59 Å². The van der Waals surface area contributed by atoms with E-state index >= 15 is 0 Å². The van der Waals surface area contributed by atoms with Crippen LogP contribution in [0.15, 0.2) is 0 Å². The topological polar surface area (TPSA) is 54.4 Å². The van der Waals surface area contributed by atoms with E-state index in [-0.39, 0.29) is 11.7 Å². The molecule has 0 saturated heterocycles. The summed E-state index contributed by atoms with van der Waals surface area (Å²) in [5, 5.41) is 8.92. The molecule has 13 heavy (non-hydrogen) atoms. The Bertz CT molecular complexity index is 222. The lowest BCUT2D eigenvalue weighted by molar-refractivity contribution is -0.148. The van der Waals surface area contributed by atoms with Crippen LogP contribution < -0.4 is 0 Å². The van der Waals surface area contributed by atoms with Crippen LogP contribution in [0.4, 0.5) is 0 Å². The predicted molar refractivity (Wildman–Crippen MR) is 48.3 cm³/mol. The Morgan fingerprint density at radius 3 is 2.31 bits per heavy atom. The average molecular weight is 184 g/mol. The lowest BCUT2D eigenvalue weighted by Gasteiger charge is -2.30. The van der Waals surface area contributed by atoms with Crippen molar-refractivity contribution in [2.45, 2.75) is 33.1 Å². The minimum absolute atomic E-state index is 0.0271. The minimum atomic E-state index is -0.813. The number of hydrogen-bond acceptors (Lipinski definition) is 2. The van der Waals surface area contributed by atoms with Gasteiger partial charge in [0.25, 0.3) is 0 Å². The number of carboxylic acid groups (broad SMARTS) is 1. The maximum absolute atomic E-state index is 11.2. The maximum Gasteiger partial charge on any atom is 0.307 e. The molecule has 3 unspecified atom stereocenters. The van der Waals surface area contributed by atoms with Crippen LogP contribution in [0.2, 0.25) is 0 Å². The zero-order valence-electron chi connectivity index (χ0n) is 8.12. The molecule has 3 atom stereocenters. The van der Waals surface area contributed by atoms with E-state index in [1.165, 1.54) is 6.92 Å². The van der Waals surface area contributed by atoms with Crippen LogP contribution in [0, 0.1) is 17.8 Å². The lowest BCUT2D eigenvalue weighted by atomic mass is 9.73. The van der Waals surface area contributed by atoms with Gasteiger partial charge < -0.3 is 5.11 Å². The summed E-state index contributed by atoms with van der Waals surface area (Å²) in [6.07, 6.45) is 2.38. The number of ketones is 1. The summed E-state index contributed by atoms with van der Waals surface area (Å²) >= 11 is 0. The normalized spacial score (nSPS) is 34.2. The van der Waals surface area contributed by atoms with Gasteiger partial charge in [-0.05, 0) is 32.1 Å². The Kier molecular flexibility index (Phi) is 3.07. The summed E-state index contributed by atoms with van der Waals surface area (Å²) in [7, 11) is 0. The van der Waals surface area contributed by atoms with Gasteiger partial charge >= 0.3 is 5.97 Å². The molecule has 1 rings (SSSR count). The second-order valence-corrected chi connectivity index (χ2v) is 4.08. The Hall–Kier alpha value is -0.860. The van der Waals surface area contributed by atoms with Crippen LogP contribution in [-0.4, -0.2) is 16.9 Å². The van der Waals surface area contributed by atoms with Gasteiger partial charge in [-0.1, -0.05) is 6.92 Å². The number of rotatable bonds is 2. The van der Waals surface area contributed by atoms with E-state index in [1.807, 2.05) is 6.92 Å². The molecule has 1 aliphatic rings. The summed E-state index contributed by atoms with van der Waals surface area (Å²) in [5.41, 5.74) is 0. The van der Waals surface area contributed by atoms with E-state index in [0.717, 1.165) is 12.8 Å². The summed E-state index contributed by atoms with van der Waals surface area (Å²) in [4.78, 5) is 22.0. The van der Waals surface area contributed by atoms with Crippen molar-refractivity contribution < 1.29 is 14.7 Å². The largest absolute Gasteiger partial charge is 0.481 e. The van der Waals surface area contributed by atoms with E-state index in [0.29, 0.717) is 12.3 Å². The van der Waals surface area contributed by atoms with Crippen LogP contribution >= 0.6 is 0 Å². The number of Topliss-reactive ketones (excluding diaryl/α,β-unsaturated/α-hetero) is 1. The van der Waals surface area contributed by atoms with E-state index in [1.54, 1.807) is 0 Å². The summed E-state index contributed by atoms with van der Waals surface area (Å²) < 4.78 is 0. The highest BCUT2D eigenvalue weighted by Crippen LogP contribution is 2.34. The Morgan fingerprint density at radius 1 is 1.23 bits per heavy atom. The number of aliphatic carboxylic acids is 1. The Labute approximate surface area is 78.1 Å². The second kappa shape index (κ2) is 3.90. The highest BCUT2D eigenvalue weighted by molar-refractivity contribution is 5.84. The third kappa shape index (κ3) is 2.29. The highest BCUT2D eigenvalue weighted by atomic mass is 16.4. The smallest absolute Gasteiger partial charge is 0.307 e. The third-order valence-electron chi connectivity index (χ3n) is 2.95. The molecule has 0 radical (unpaired) electrons. The van der Waals surface area contributed by atoms with Crippen LogP contribution in [0.1, 0.15) is 33.1 Å². The SMILES string of the molecule is CC(=O)C1CCC(C)CC1C(=O)O. The highest BCUT2D eigenvalue weighted by Gasteiger charge is 2.36. The molecule has 0 spiro atoms. The van der Waals surface area contributed by atoms with Gasteiger partial charge in [0, 0.05) is 5.92 Å². The van der Waals surface area contributed by atoms with Crippen molar-refractivity contribution in [1.82, 2.24) is 0 Å². The predicted octanol–water partition coefficient (Wildman–Crippen LogP) is 1.71. The molecule has 3 nitrogen and oxygen atoms in total. The van der Waals surface area contributed by atoms with Crippen molar-refractivity contribution in [3.63, 3.8) is 0 Å². The zero-order valence-corrected chi connectivity index (χ0v) is 8.12. The first-order valence-electron chi connectivity index (χ1n) is 4.75. The molecule has 0 aromatic carbocycles. The molecule has 1 fully saturated rings. The van der Waals surface area contributed by atoms with Gasteiger partial charge in [-0.2, -0.15) is 0 Å². The standard InChI is InChI=1S/C10H16O3/c1-6-3-4-8(7(2)11)9(5-6)10(12)13/h6,8-9H,3-5H2,1-2H3,(H,12,13). The van der Waals surface area contributed by atoms with Crippen molar-refractivity contribution in [3.05, 3.63) is 0 Å². The van der Waals surface area contributed by atoms with Gasteiger partial charge in [0.2, 0.25) is 0 Å². The first-order valence-corrected chi connectivity index (χ1v) is 4.75. The van der Waals surface area contributed by atoms with Gasteiger partial charge in [-0.25, -0.2) is 0 Å². The number of carbonyl (C=O) groups is 2. The van der Waals surface area contributed by atoms with Crippen LogP contribution in [-0.2, 0) is 9.59 Å². The van der Waals surface area contributed by atoms with Crippen molar-refractivity contribution in [3.8, 4) is 0 Å². The van der Waals surface area contributed by atoms with Crippen molar-refractivity contribution >= 4 is 11.8 Å². The van der Waals surface area contributed by atoms with Crippen molar-refractivity contribution in [2.75, 3.05) is 0 Å². The molecule has 3 heteroatoms. The van der Waals surface area contributed by atoms with Gasteiger partial charge in [0.1, 0.15) is 5.78 Å². The lowest BCUT2D eigenvalue weighted by Crippen LogP contribution is -2.34. The van der Waals surface area contributed by atoms with Gasteiger partial charge in [-0.3, -0.25) is 9.59 Å². The van der Waals surface area contributed by atoms with Crippen molar-refractivity contribution in [1.29, 1.82) is 0 Å². The Balaban J connectivity index is 2.72. The molecule has 0 bridgehead atoms. The van der Waals surface area contributed by atoms with Crippen LogP contribution in [0.3, 0.4) is 0 Å². The molecule has 74 valence electrons. The first kappa shape index (κ1) is 10.2. The molecule has 0 amide bonds. The molecule has 0 heterocycles. The van der Waals surface area contributed by atoms with Crippen molar-refractivity contribution in [2.24, 2.45) is 17.8 Å². The van der Waals surface area contributed by atoms with Crippen LogP contribution in [0.25, 0.3) is 0 Å². The zero-order chi connectivity index (χ0) is 10.0. The van der Waals surface area contributed by atoms with Crippen LogP contribution in [0.5, 0.6) is 0 Å². The number of carbonyl (C=O) groups excluding carboxylic acids is 1. The van der Waals surface area contributed by atoms with E-state index in [4.69, 9.17) is 5.11 Å². The fourth-order valence-corrected chi connectivity index (χ4v) is 2.14. The Morgan fingerprint density at radius 2 is 1.85 bits per heavy atom. The summed E-state index contributed by atoms with van der Waals surface area (Å²) in [6.45, 7) is 3.54. The monoisotopic (exact) mass is 184 g/mol. The molecule has 1 aliphatic carbocycles. The molecule has 1 N–H and O–H groups in total. The fourth-order valence-electron chi connectivity index (χ4n) is 2.14. The molecule has 0 aromatic heterocycles. The number of hydrogen-bond donors (Lipinski definition) is 1. The number of carboxylic acids is 1. The third-order valence-corrected chi connectivity index (χ3v) is 2.95. The molecule has 1 saturated carbocycles. The van der Waals surface area contributed by atoms with E-state index in [2.05, 4.69) is 0 Å². The molecule has 0 aromatic rings. The molecular weight excluding hydrogens is 168 g/mol. The second-order valence-electron chi connectivity index (χ2n) is 4.08. The molecular formula is C10H16O3. The van der Waals surface area contributed by atoms with Gasteiger partial charge in [0.05, 0.1) is 5.92 Å². The molecule has 0 aliphatic heterocycles. The van der Waals surface area contributed by atoms with E-state index < -0.39 is 11.9 Å². The quantitative estimate of drug-likeness (QED) is 0.710. The average Bonchev–Trinajstić information content (AvgIpc) is 2.03.